The number of amides is 2. The van der Waals surface area contributed by atoms with Gasteiger partial charge in [-0.1, -0.05) is 0 Å². The number of nitrogens with zero attached hydrogens (tertiary/aromatic N) is 2. The van der Waals surface area contributed by atoms with Crippen molar-refractivity contribution in [2.75, 3.05) is 26.7 Å². The van der Waals surface area contributed by atoms with Crippen LogP contribution in [0, 0.1) is 0 Å². The van der Waals surface area contributed by atoms with Crippen molar-refractivity contribution >= 4 is 11.8 Å². The smallest absolute Gasteiger partial charge is 0.236 e. The van der Waals surface area contributed by atoms with E-state index in [4.69, 9.17) is 5.84 Å². The van der Waals surface area contributed by atoms with Crippen LogP contribution >= 0.6 is 0 Å². The lowest BCUT2D eigenvalue weighted by molar-refractivity contribution is -0.130. The van der Waals surface area contributed by atoms with Gasteiger partial charge in [0.2, 0.25) is 11.8 Å². The van der Waals surface area contributed by atoms with Crippen LogP contribution in [0.3, 0.4) is 0 Å². The van der Waals surface area contributed by atoms with Crippen molar-refractivity contribution in [1.29, 1.82) is 0 Å². The second kappa shape index (κ2) is 6.56. The maximum atomic E-state index is 11.7. The second-order valence-corrected chi connectivity index (χ2v) is 4.59. The lowest BCUT2D eigenvalue weighted by Gasteiger charge is -2.26. The van der Waals surface area contributed by atoms with Gasteiger partial charge in [-0.15, -0.1) is 0 Å². The van der Waals surface area contributed by atoms with Gasteiger partial charge in [-0.3, -0.25) is 19.9 Å². The summed E-state index contributed by atoms with van der Waals surface area (Å²) in [6.07, 6.45) is 2.11. The van der Waals surface area contributed by atoms with Crippen molar-refractivity contribution in [2.45, 2.75) is 32.2 Å². The third kappa shape index (κ3) is 4.32. The number of nitrogens with one attached hydrogen (secondary N) is 1. The van der Waals surface area contributed by atoms with E-state index in [1.165, 1.54) is 0 Å². The molecule has 6 nitrogen and oxygen atoms in total. The third-order valence-corrected chi connectivity index (χ3v) is 3.28. The lowest BCUT2D eigenvalue weighted by atomic mass is 10.1. The first-order valence-corrected chi connectivity index (χ1v) is 6.02. The van der Waals surface area contributed by atoms with Crippen LogP contribution in [0.2, 0.25) is 0 Å². The first kappa shape index (κ1) is 13.9. The number of hydrogen-bond acceptors (Lipinski definition) is 4. The molecule has 0 aromatic rings. The Morgan fingerprint density at radius 1 is 1.53 bits per heavy atom. The van der Waals surface area contributed by atoms with Gasteiger partial charge < -0.3 is 4.90 Å². The molecule has 0 bridgehead atoms. The summed E-state index contributed by atoms with van der Waals surface area (Å²) in [5.41, 5.74) is 2.12. The minimum absolute atomic E-state index is 0.151. The molecule has 0 spiro atoms. The Labute approximate surface area is 102 Å². The van der Waals surface area contributed by atoms with Crippen LogP contribution in [0.15, 0.2) is 0 Å². The molecule has 0 radical (unpaired) electrons. The highest BCUT2D eigenvalue weighted by Gasteiger charge is 2.22. The van der Waals surface area contributed by atoms with E-state index in [0.717, 1.165) is 25.9 Å². The summed E-state index contributed by atoms with van der Waals surface area (Å²) in [4.78, 5) is 26.7. The number of carbonyl (C=O) groups excluding carboxylic acids is 2. The molecule has 1 heterocycles. The molecule has 2 amide bonds. The summed E-state index contributed by atoms with van der Waals surface area (Å²) in [6.45, 7) is 4.21. The molecule has 0 aromatic carbocycles. The Balaban J connectivity index is 2.42. The number of nitrogens with two attached hydrogens (primary N) is 1. The number of hydrogen-bond donors (Lipinski definition) is 2. The zero-order valence-corrected chi connectivity index (χ0v) is 10.6. The van der Waals surface area contributed by atoms with Crippen LogP contribution in [0.4, 0.5) is 0 Å². The van der Waals surface area contributed by atoms with E-state index < -0.39 is 0 Å². The number of rotatable bonds is 4. The van der Waals surface area contributed by atoms with Gasteiger partial charge in [0.25, 0.3) is 0 Å². The fourth-order valence-corrected chi connectivity index (χ4v) is 1.98. The van der Waals surface area contributed by atoms with Gasteiger partial charge in [0.1, 0.15) is 0 Å². The topological polar surface area (TPSA) is 78.7 Å². The maximum absolute atomic E-state index is 11.7. The van der Waals surface area contributed by atoms with Crippen molar-refractivity contribution < 1.29 is 9.59 Å². The van der Waals surface area contributed by atoms with Crippen LogP contribution < -0.4 is 11.3 Å². The highest BCUT2D eigenvalue weighted by molar-refractivity contribution is 5.78. The Morgan fingerprint density at radius 2 is 2.24 bits per heavy atom. The van der Waals surface area contributed by atoms with Crippen LogP contribution in [-0.2, 0) is 9.59 Å². The Kier molecular flexibility index (Phi) is 5.37. The number of likely N-dealkylation sites (N-methyl/N-ethyl adjacent to an activating group) is 1. The van der Waals surface area contributed by atoms with Crippen LogP contribution in [0.1, 0.15) is 26.2 Å². The summed E-state index contributed by atoms with van der Waals surface area (Å²) >= 11 is 0. The minimum atomic E-state index is -0.157. The van der Waals surface area contributed by atoms with Crippen LogP contribution in [-0.4, -0.2) is 54.3 Å². The first-order chi connectivity index (χ1) is 8.04. The van der Waals surface area contributed by atoms with Gasteiger partial charge in [-0.05, 0) is 19.8 Å². The highest BCUT2D eigenvalue weighted by Crippen LogP contribution is 2.11. The molecule has 1 aliphatic heterocycles. The van der Waals surface area contributed by atoms with Crippen LogP contribution in [0.5, 0.6) is 0 Å². The average molecular weight is 242 g/mol. The fraction of sp³-hybridized carbons (Fsp3) is 0.818. The zero-order valence-electron chi connectivity index (χ0n) is 10.6. The molecule has 17 heavy (non-hydrogen) atoms. The molecule has 3 N–H and O–H groups in total. The van der Waals surface area contributed by atoms with Crippen molar-refractivity contribution in [3.8, 4) is 0 Å². The third-order valence-electron chi connectivity index (χ3n) is 3.28. The van der Waals surface area contributed by atoms with E-state index in [1.807, 2.05) is 14.0 Å². The summed E-state index contributed by atoms with van der Waals surface area (Å²) in [5.74, 6) is 5.02. The van der Waals surface area contributed by atoms with Gasteiger partial charge in [0.15, 0.2) is 0 Å². The van der Waals surface area contributed by atoms with E-state index in [1.54, 1.807) is 4.90 Å². The van der Waals surface area contributed by atoms with Crippen molar-refractivity contribution in [2.24, 2.45) is 5.84 Å². The predicted octanol–water partition coefficient (Wildman–Crippen LogP) is -0.691. The summed E-state index contributed by atoms with van der Waals surface area (Å²) in [5, 5.41) is 0. The SMILES string of the molecule is CC(CCC(=O)NN)N1CCCN(C)C(=O)C1. The second-order valence-electron chi connectivity index (χ2n) is 4.59. The molecule has 6 heteroatoms. The Bertz CT molecular complexity index is 283. The lowest BCUT2D eigenvalue weighted by Crippen LogP contribution is -2.40. The molecule has 0 saturated carbocycles. The summed E-state index contributed by atoms with van der Waals surface area (Å²) in [7, 11) is 1.83. The molecular formula is C11H22N4O2. The van der Waals surface area contributed by atoms with E-state index in [2.05, 4.69) is 10.3 Å². The first-order valence-electron chi connectivity index (χ1n) is 6.02. The molecule has 0 aromatic heterocycles. The van der Waals surface area contributed by atoms with E-state index >= 15 is 0 Å². The monoisotopic (exact) mass is 242 g/mol. The molecular weight excluding hydrogens is 220 g/mol. The molecule has 0 aliphatic carbocycles. The Morgan fingerprint density at radius 3 is 2.88 bits per heavy atom. The zero-order chi connectivity index (χ0) is 12.8. The molecule has 98 valence electrons. The largest absolute Gasteiger partial charge is 0.345 e. The number of carbonyl (C=O) groups is 2. The molecule has 1 rings (SSSR count). The molecule has 1 unspecified atom stereocenters. The molecule has 1 aliphatic rings. The summed E-state index contributed by atoms with van der Waals surface area (Å²) in [6, 6.07) is 0.225. The Hall–Kier alpha value is -1.14. The van der Waals surface area contributed by atoms with Crippen molar-refractivity contribution in [3.63, 3.8) is 0 Å². The standard InChI is InChI=1S/C11H22N4O2/c1-9(4-5-10(16)13-12)15-7-3-6-14(2)11(17)8-15/h9H,3-8,12H2,1-2H3,(H,13,16). The quantitative estimate of drug-likeness (QED) is 0.388. The van der Waals surface area contributed by atoms with Gasteiger partial charge in [-0.2, -0.15) is 0 Å². The van der Waals surface area contributed by atoms with Gasteiger partial charge in [-0.25, -0.2) is 5.84 Å². The normalized spacial score (nSPS) is 19.9. The average Bonchev–Trinajstić information content (AvgIpc) is 2.48. The summed E-state index contributed by atoms with van der Waals surface area (Å²) < 4.78 is 0. The highest BCUT2D eigenvalue weighted by atomic mass is 16.2. The van der Waals surface area contributed by atoms with Crippen LogP contribution in [0.25, 0.3) is 0 Å². The van der Waals surface area contributed by atoms with E-state index in [9.17, 15) is 9.59 Å². The van der Waals surface area contributed by atoms with E-state index in [-0.39, 0.29) is 17.9 Å². The maximum Gasteiger partial charge on any atom is 0.236 e. The number of hydrazine groups is 1. The minimum Gasteiger partial charge on any atom is -0.345 e. The van der Waals surface area contributed by atoms with Crippen molar-refractivity contribution in [3.05, 3.63) is 0 Å². The van der Waals surface area contributed by atoms with Gasteiger partial charge >= 0.3 is 0 Å². The molecule has 1 saturated heterocycles. The molecule has 1 fully saturated rings. The van der Waals surface area contributed by atoms with Gasteiger partial charge in [0, 0.05) is 32.6 Å². The van der Waals surface area contributed by atoms with Gasteiger partial charge in [0.05, 0.1) is 6.54 Å². The predicted molar refractivity (Wildman–Crippen MR) is 64.9 cm³/mol. The molecule has 1 atom stereocenters. The van der Waals surface area contributed by atoms with Crippen molar-refractivity contribution in [1.82, 2.24) is 15.2 Å². The van der Waals surface area contributed by atoms with E-state index in [0.29, 0.717) is 13.0 Å². The fourth-order valence-electron chi connectivity index (χ4n) is 1.98.